The molecule has 0 aliphatic rings. The van der Waals surface area contributed by atoms with E-state index in [0.29, 0.717) is 12.2 Å². The molecule has 0 radical (unpaired) electrons. The number of rotatable bonds is 7. The molecule has 0 fully saturated rings. The van der Waals surface area contributed by atoms with E-state index in [2.05, 4.69) is 10.6 Å². The van der Waals surface area contributed by atoms with Gasteiger partial charge in [-0.25, -0.2) is 4.39 Å². The van der Waals surface area contributed by atoms with Crippen LogP contribution < -0.4 is 15.4 Å². The number of halogens is 1. The first-order valence-electron chi connectivity index (χ1n) is 7.06. The Morgan fingerprint density at radius 2 is 1.95 bits per heavy atom. The van der Waals surface area contributed by atoms with E-state index < -0.39 is 0 Å². The summed E-state index contributed by atoms with van der Waals surface area (Å²) in [4.78, 5) is 11.7. The standard InChI is InChI=1S/C17H19FN2O2/c1-22-16-4-2-3-13(11-16)9-10-19-12-17(21)20-15-7-5-14(18)6-8-15/h2-8,11,19H,9-10,12H2,1H3,(H,20,21). The fourth-order valence-electron chi connectivity index (χ4n) is 2.00. The lowest BCUT2D eigenvalue weighted by molar-refractivity contribution is -0.115. The monoisotopic (exact) mass is 302 g/mol. The van der Waals surface area contributed by atoms with Crippen LogP contribution in [0.4, 0.5) is 10.1 Å². The fraction of sp³-hybridized carbons (Fsp3) is 0.235. The lowest BCUT2D eigenvalue weighted by Crippen LogP contribution is -2.29. The Morgan fingerprint density at radius 1 is 1.18 bits per heavy atom. The molecular formula is C17H19FN2O2. The van der Waals surface area contributed by atoms with Crippen molar-refractivity contribution in [1.82, 2.24) is 5.32 Å². The molecular weight excluding hydrogens is 283 g/mol. The van der Waals surface area contributed by atoms with Gasteiger partial charge in [0.05, 0.1) is 13.7 Å². The minimum atomic E-state index is -0.325. The molecule has 0 unspecified atom stereocenters. The van der Waals surface area contributed by atoms with Crippen molar-refractivity contribution in [2.24, 2.45) is 0 Å². The van der Waals surface area contributed by atoms with Crippen molar-refractivity contribution in [3.05, 3.63) is 59.9 Å². The number of hydrogen-bond donors (Lipinski definition) is 2. The molecule has 0 heterocycles. The topological polar surface area (TPSA) is 50.4 Å². The van der Waals surface area contributed by atoms with Crippen molar-refractivity contribution in [2.75, 3.05) is 25.5 Å². The second kappa shape index (κ2) is 8.14. The van der Waals surface area contributed by atoms with E-state index in [0.717, 1.165) is 17.7 Å². The van der Waals surface area contributed by atoms with Gasteiger partial charge in [-0.15, -0.1) is 0 Å². The molecule has 5 heteroatoms. The number of benzene rings is 2. The molecule has 1 amide bonds. The lowest BCUT2D eigenvalue weighted by atomic mass is 10.1. The van der Waals surface area contributed by atoms with E-state index in [1.807, 2.05) is 24.3 Å². The summed E-state index contributed by atoms with van der Waals surface area (Å²) in [7, 11) is 1.64. The number of carbonyl (C=O) groups is 1. The van der Waals surface area contributed by atoms with Gasteiger partial charge in [0.15, 0.2) is 0 Å². The summed E-state index contributed by atoms with van der Waals surface area (Å²) >= 11 is 0. The van der Waals surface area contributed by atoms with E-state index in [1.54, 1.807) is 7.11 Å². The van der Waals surface area contributed by atoms with Crippen molar-refractivity contribution >= 4 is 11.6 Å². The Morgan fingerprint density at radius 3 is 2.68 bits per heavy atom. The lowest BCUT2D eigenvalue weighted by Gasteiger charge is -2.07. The number of carbonyl (C=O) groups excluding carboxylic acids is 1. The number of amides is 1. The third-order valence-electron chi connectivity index (χ3n) is 3.14. The van der Waals surface area contributed by atoms with Gasteiger partial charge in [-0.05, 0) is 54.9 Å². The van der Waals surface area contributed by atoms with Crippen molar-refractivity contribution in [1.29, 1.82) is 0 Å². The van der Waals surface area contributed by atoms with Crippen LogP contribution in [0.25, 0.3) is 0 Å². The molecule has 4 nitrogen and oxygen atoms in total. The summed E-state index contributed by atoms with van der Waals surface area (Å²) < 4.78 is 17.9. The van der Waals surface area contributed by atoms with Gasteiger partial charge in [0.2, 0.25) is 5.91 Å². The Balaban J connectivity index is 1.69. The Hall–Kier alpha value is -2.40. The van der Waals surface area contributed by atoms with Crippen LogP contribution in [-0.4, -0.2) is 26.1 Å². The first-order chi connectivity index (χ1) is 10.7. The second-order valence-corrected chi connectivity index (χ2v) is 4.83. The van der Waals surface area contributed by atoms with Crippen LogP contribution in [0.15, 0.2) is 48.5 Å². The highest BCUT2D eigenvalue weighted by Gasteiger charge is 2.02. The van der Waals surface area contributed by atoms with Gasteiger partial charge in [-0.3, -0.25) is 4.79 Å². The summed E-state index contributed by atoms with van der Waals surface area (Å²) in [6, 6.07) is 13.5. The number of anilines is 1. The molecule has 0 saturated heterocycles. The Kier molecular flexibility index (Phi) is 5.91. The van der Waals surface area contributed by atoms with Gasteiger partial charge in [-0.2, -0.15) is 0 Å². The minimum absolute atomic E-state index is 0.155. The van der Waals surface area contributed by atoms with Crippen LogP contribution >= 0.6 is 0 Å². The smallest absolute Gasteiger partial charge is 0.238 e. The summed E-state index contributed by atoms with van der Waals surface area (Å²) in [6.45, 7) is 0.894. The van der Waals surface area contributed by atoms with Crippen molar-refractivity contribution in [2.45, 2.75) is 6.42 Å². The first kappa shape index (κ1) is 16.0. The van der Waals surface area contributed by atoms with E-state index in [-0.39, 0.29) is 18.3 Å². The summed E-state index contributed by atoms with van der Waals surface area (Å²) in [5, 5.41) is 5.77. The maximum Gasteiger partial charge on any atom is 0.238 e. The molecule has 2 aromatic rings. The molecule has 2 rings (SSSR count). The zero-order valence-corrected chi connectivity index (χ0v) is 12.4. The van der Waals surface area contributed by atoms with Crippen LogP contribution in [0.5, 0.6) is 5.75 Å². The Labute approximate surface area is 129 Å². The molecule has 0 saturated carbocycles. The third kappa shape index (κ3) is 5.18. The zero-order chi connectivity index (χ0) is 15.8. The SMILES string of the molecule is COc1cccc(CCNCC(=O)Nc2ccc(F)cc2)c1. The van der Waals surface area contributed by atoms with Gasteiger partial charge >= 0.3 is 0 Å². The Bertz CT molecular complexity index is 614. The highest BCUT2D eigenvalue weighted by Crippen LogP contribution is 2.12. The molecule has 22 heavy (non-hydrogen) atoms. The molecule has 0 bridgehead atoms. The van der Waals surface area contributed by atoms with Gasteiger partial charge in [0.25, 0.3) is 0 Å². The molecule has 0 aromatic heterocycles. The predicted molar refractivity (Wildman–Crippen MR) is 84.6 cm³/mol. The number of methoxy groups -OCH3 is 1. The maximum atomic E-state index is 12.8. The van der Waals surface area contributed by atoms with E-state index >= 15 is 0 Å². The van der Waals surface area contributed by atoms with Crippen molar-refractivity contribution in [3.8, 4) is 5.75 Å². The second-order valence-electron chi connectivity index (χ2n) is 4.83. The largest absolute Gasteiger partial charge is 0.497 e. The summed E-state index contributed by atoms with van der Waals surface area (Å²) in [6.07, 6.45) is 0.807. The summed E-state index contributed by atoms with van der Waals surface area (Å²) in [5.74, 6) is 0.346. The first-order valence-corrected chi connectivity index (χ1v) is 7.06. The number of nitrogens with one attached hydrogen (secondary N) is 2. The molecule has 0 aliphatic heterocycles. The maximum absolute atomic E-state index is 12.8. The highest BCUT2D eigenvalue weighted by atomic mass is 19.1. The van der Waals surface area contributed by atoms with E-state index in [1.165, 1.54) is 24.3 Å². The predicted octanol–water partition coefficient (Wildman–Crippen LogP) is 2.61. The van der Waals surface area contributed by atoms with Crippen LogP contribution in [0.2, 0.25) is 0 Å². The molecule has 0 spiro atoms. The fourth-order valence-corrected chi connectivity index (χ4v) is 2.00. The number of hydrogen-bond acceptors (Lipinski definition) is 3. The van der Waals surface area contributed by atoms with Gasteiger partial charge in [-0.1, -0.05) is 12.1 Å². The quantitative estimate of drug-likeness (QED) is 0.773. The molecule has 2 aromatic carbocycles. The van der Waals surface area contributed by atoms with Gasteiger partial charge < -0.3 is 15.4 Å². The zero-order valence-electron chi connectivity index (χ0n) is 12.4. The number of ether oxygens (including phenoxy) is 1. The van der Waals surface area contributed by atoms with Crippen LogP contribution in [0.1, 0.15) is 5.56 Å². The normalized spacial score (nSPS) is 10.3. The van der Waals surface area contributed by atoms with Gasteiger partial charge in [0, 0.05) is 5.69 Å². The van der Waals surface area contributed by atoms with E-state index in [9.17, 15) is 9.18 Å². The average molecular weight is 302 g/mol. The molecule has 116 valence electrons. The van der Waals surface area contributed by atoms with E-state index in [4.69, 9.17) is 4.74 Å². The van der Waals surface area contributed by atoms with Crippen molar-refractivity contribution in [3.63, 3.8) is 0 Å². The average Bonchev–Trinajstić information content (AvgIpc) is 2.54. The third-order valence-corrected chi connectivity index (χ3v) is 3.14. The van der Waals surface area contributed by atoms with Crippen LogP contribution in [0, 0.1) is 5.82 Å². The molecule has 0 aliphatic carbocycles. The molecule has 0 atom stereocenters. The minimum Gasteiger partial charge on any atom is -0.497 e. The van der Waals surface area contributed by atoms with Crippen molar-refractivity contribution < 1.29 is 13.9 Å². The van der Waals surface area contributed by atoms with Gasteiger partial charge in [0.1, 0.15) is 11.6 Å². The highest BCUT2D eigenvalue weighted by molar-refractivity contribution is 5.92. The van der Waals surface area contributed by atoms with Crippen LogP contribution in [0.3, 0.4) is 0 Å². The molecule has 2 N–H and O–H groups in total. The van der Waals surface area contributed by atoms with Crippen LogP contribution in [-0.2, 0) is 11.2 Å². The summed E-state index contributed by atoms with van der Waals surface area (Å²) in [5.41, 5.74) is 1.73.